The highest BCUT2D eigenvalue weighted by atomic mass is 32.1. The second kappa shape index (κ2) is 19.3. The van der Waals surface area contributed by atoms with Gasteiger partial charge in [0.25, 0.3) is 0 Å². The van der Waals surface area contributed by atoms with Crippen molar-refractivity contribution < 1.29 is 19.1 Å². The summed E-state index contributed by atoms with van der Waals surface area (Å²) in [6, 6.07) is 18.6. The van der Waals surface area contributed by atoms with Crippen LogP contribution in [0.15, 0.2) is 66.0 Å². The first-order chi connectivity index (χ1) is 23.6. The molecule has 10 nitrogen and oxygen atoms in total. The van der Waals surface area contributed by atoms with Crippen LogP contribution in [0.4, 0.5) is 9.59 Å². The topological polar surface area (TPSA) is 125 Å². The standard InChI is InChI=1S/C38H54N6O4S/c1-26(2)34(43-37(46)44(5)23-33-25-49-36(41-33)27(3)4)35(45)40-31(20-28-12-8-6-9-13-28)16-17-32(21-29-14-10-7-11-15-29)42-38(47)48-24-30-18-19-39-22-30/h6-15,25-27,30-32,34,39H,16-24H2,1-5H3,(H,40,45)(H,42,47)(H,43,46)/t30?,31-,32-,34+/m1/s1. The van der Waals surface area contributed by atoms with Crippen molar-refractivity contribution in [2.45, 2.75) is 90.4 Å². The number of nitrogens with one attached hydrogen (secondary N) is 4. The molecular formula is C38H54N6O4S. The monoisotopic (exact) mass is 690 g/mol. The van der Waals surface area contributed by atoms with Crippen molar-refractivity contribution in [2.24, 2.45) is 11.8 Å². The van der Waals surface area contributed by atoms with Gasteiger partial charge in [0.2, 0.25) is 5.91 Å². The predicted octanol–water partition coefficient (Wildman–Crippen LogP) is 5.89. The Kier molecular flexibility index (Phi) is 14.9. The number of carbonyl (C=O) groups excluding carboxylic acids is 3. The van der Waals surface area contributed by atoms with Crippen LogP contribution < -0.4 is 21.3 Å². The minimum absolute atomic E-state index is 0.140. The van der Waals surface area contributed by atoms with Gasteiger partial charge >= 0.3 is 12.1 Å². The van der Waals surface area contributed by atoms with Crippen molar-refractivity contribution in [2.75, 3.05) is 26.7 Å². The quantitative estimate of drug-likeness (QED) is 0.140. The maximum Gasteiger partial charge on any atom is 0.407 e. The number of alkyl carbamates (subject to hydrolysis) is 1. The van der Waals surface area contributed by atoms with Gasteiger partial charge in [-0.05, 0) is 55.7 Å². The summed E-state index contributed by atoms with van der Waals surface area (Å²) in [6.07, 6.45) is 3.08. The van der Waals surface area contributed by atoms with Crippen molar-refractivity contribution in [1.29, 1.82) is 0 Å². The van der Waals surface area contributed by atoms with Gasteiger partial charge in [-0.15, -0.1) is 11.3 Å². The maximum absolute atomic E-state index is 13.9. The smallest absolute Gasteiger partial charge is 0.407 e. The van der Waals surface area contributed by atoms with E-state index in [1.807, 2.05) is 67.8 Å². The van der Waals surface area contributed by atoms with Gasteiger partial charge in [0.15, 0.2) is 0 Å². The van der Waals surface area contributed by atoms with E-state index < -0.39 is 12.1 Å². The molecule has 0 radical (unpaired) electrons. The fourth-order valence-electron chi connectivity index (χ4n) is 5.95. The normalized spacial score (nSPS) is 16.2. The number of aromatic nitrogens is 1. The predicted molar refractivity (Wildman–Crippen MR) is 196 cm³/mol. The van der Waals surface area contributed by atoms with Crippen LogP contribution in [0.2, 0.25) is 0 Å². The average molecular weight is 691 g/mol. The molecule has 0 saturated carbocycles. The SMILES string of the molecule is CC(C)c1nc(CN(C)C(=O)N[C@H](C(=O)N[C@H](CC[C@H](Cc2ccccc2)NC(=O)OCC2CCNC2)Cc2ccccc2)C(C)C)cs1. The highest BCUT2D eigenvalue weighted by Crippen LogP contribution is 2.20. The van der Waals surface area contributed by atoms with Crippen molar-refractivity contribution in [3.63, 3.8) is 0 Å². The van der Waals surface area contributed by atoms with Crippen LogP contribution in [0.3, 0.4) is 0 Å². The molecular weight excluding hydrogens is 637 g/mol. The molecule has 266 valence electrons. The van der Waals surface area contributed by atoms with Gasteiger partial charge in [0.05, 0.1) is 23.9 Å². The van der Waals surface area contributed by atoms with Crippen molar-refractivity contribution in [3.8, 4) is 0 Å². The van der Waals surface area contributed by atoms with E-state index in [9.17, 15) is 14.4 Å². The molecule has 4 N–H and O–H groups in total. The Bertz CT molecular complexity index is 1440. The van der Waals surface area contributed by atoms with E-state index in [4.69, 9.17) is 4.74 Å². The van der Waals surface area contributed by atoms with Crippen LogP contribution in [-0.2, 0) is 28.9 Å². The summed E-state index contributed by atoms with van der Waals surface area (Å²) in [6.45, 7) is 10.6. The van der Waals surface area contributed by atoms with E-state index in [-0.39, 0.29) is 29.9 Å². The highest BCUT2D eigenvalue weighted by Gasteiger charge is 2.28. The van der Waals surface area contributed by atoms with Gasteiger partial charge in [-0.3, -0.25) is 4.79 Å². The fourth-order valence-corrected chi connectivity index (χ4v) is 6.78. The van der Waals surface area contributed by atoms with Gasteiger partial charge in [0.1, 0.15) is 6.04 Å². The lowest BCUT2D eigenvalue weighted by molar-refractivity contribution is -0.124. The molecule has 1 unspecified atom stereocenters. The van der Waals surface area contributed by atoms with Crippen LogP contribution in [-0.4, -0.2) is 72.8 Å². The molecule has 49 heavy (non-hydrogen) atoms. The van der Waals surface area contributed by atoms with Gasteiger partial charge in [-0.25, -0.2) is 14.6 Å². The molecule has 0 aliphatic carbocycles. The molecule has 1 saturated heterocycles. The summed E-state index contributed by atoms with van der Waals surface area (Å²) in [5, 5.41) is 15.7. The molecule has 4 amide bonds. The van der Waals surface area contributed by atoms with Gasteiger partial charge in [0, 0.05) is 42.9 Å². The Morgan fingerprint density at radius 3 is 2.06 bits per heavy atom. The van der Waals surface area contributed by atoms with Crippen LogP contribution in [0, 0.1) is 11.8 Å². The molecule has 11 heteroatoms. The summed E-state index contributed by atoms with van der Waals surface area (Å²) in [5.41, 5.74) is 3.04. The third-order valence-corrected chi connectivity index (χ3v) is 10.0. The fraction of sp³-hybridized carbons (Fsp3) is 0.526. The lowest BCUT2D eigenvalue weighted by Crippen LogP contribution is -2.54. The Morgan fingerprint density at radius 1 is 0.918 bits per heavy atom. The summed E-state index contributed by atoms with van der Waals surface area (Å²) in [7, 11) is 1.72. The van der Waals surface area contributed by atoms with Crippen LogP contribution in [0.5, 0.6) is 0 Å². The second-order valence-electron chi connectivity index (χ2n) is 13.8. The van der Waals surface area contributed by atoms with Crippen molar-refractivity contribution in [3.05, 3.63) is 87.9 Å². The summed E-state index contributed by atoms with van der Waals surface area (Å²) in [5.74, 6) is 0.292. The largest absolute Gasteiger partial charge is 0.449 e. The lowest BCUT2D eigenvalue weighted by atomic mass is 9.95. The molecule has 0 spiro atoms. The van der Waals surface area contributed by atoms with Crippen LogP contribution in [0.1, 0.15) is 74.7 Å². The molecule has 3 aromatic rings. The zero-order valence-corrected chi connectivity index (χ0v) is 30.4. The number of rotatable bonds is 17. The first kappa shape index (κ1) is 37.9. The number of thiazole rings is 1. The Balaban J connectivity index is 1.41. The van der Waals surface area contributed by atoms with Gasteiger partial charge in [-0.1, -0.05) is 88.4 Å². The molecule has 2 heterocycles. The average Bonchev–Trinajstić information content (AvgIpc) is 3.78. The Morgan fingerprint density at radius 2 is 1.53 bits per heavy atom. The molecule has 4 rings (SSSR count). The Hall–Kier alpha value is -3.96. The molecule has 1 fully saturated rings. The molecule has 1 aromatic heterocycles. The van der Waals surface area contributed by atoms with E-state index in [1.165, 1.54) is 0 Å². The first-order valence-corrected chi connectivity index (χ1v) is 18.4. The number of benzene rings is 2. The number of hydrogen-bond donors (Lipinski definition) is 4. The minimum Gasteiger partial charge on any atom is -0.449 e. The second-order valence-corrected chi connectivity index (χ2v) is 14.7. The third kappa shape index (κ3) is 12.8. The number of urea groups is 1. The van der Waals surface area contributed by atoms with Gasteiger partial charge < -0.3 is 30.9 Å². The summed E-state index contributed by atoms with van der Waals surface area (Å²) in [4.78, 5) is 46.2. The lowest BCUT2D eigenvalue weighted by Gasteiger charge is -2.28. The van der Waals surface area contributed by atoms with E-state index in [1.54, 1.807) is 23.3 Å². The number of carbonyl (C=O) groups is 3. The zero-order chi connectivity index (χ0) is 35.2. The number of amides is 4. The molecule has 2 aromatic carbocycles. The first-order valence-electron chi connectivity index (χ1n) is 17.6. The van der Waals surface area contributed by atoms with E-state index in [0.29, 0.717) is 50.7 Å². The van der Waals surface area contributed by atoms with Crippen molar-refractivity contribution in [1.82, 2.24) is 31.2 Å². The molecule has 0 bridgehead atoms. The van der Waals surface area contributed by atoms with Crippen molar-refractivity contribution >= 4 is 29.4 Å². The van der Waals surface area contributed by atoms with E-state index in [0.717, 1.165) is 41.3 Å². The zero-order valence-electron chi connectivity index (χ0n) is 29.6. The minimum atomic E-state index is -0.729. The van der Waals surface area contributed by atoms with E-state index in [2.05, 4.69) is 52.2 Å². The third-order valence-electron chi connectivity index (χ3n) is 8.83. The molecule has 4 atom stereocenters. The molecule has 1 aliphatic rings. The Labute approximate surface area is 295 Å². The summed E-state index contributed by atoms with van der Waals surface area (Å²) >= 11 is 1.59. The summed E-state index contributed by atoms with van der Waals surface area (Å²) < 4.78 is 5.62. The molecule has 1 aliphatic heterocycles. The van der Waals surface area contributed by atoms with E-state index >= 15 is 0 Å². The van der Waals surface area contributed by atoms with Gasteiger partial charge in [-0.2, -0.15) is 0 Å². The van der Waals surface area contributed by atoms with Crippen LogP contribution in [0.25, 0.3) is 0 Å². The highest BCUT2D eigenvalue weighted by molar-refractivity contribution is 7.09. The number of ether oxygens (including phenoxy) is 1. The maximum atomic E-state index is 13.9. The number of hydrogen-bond acceptors (Lipinski definition) is 7. The number of nitrogens with zero attached hydrogens (tertiary/aromatic N) is 2. The van der Waals surface area contributed by atoms with Crippen LogP contribution >= 0.6 is 11.3 Å².